The van der Waals surface area contributed by atoms with E-state index in [4.69, 9.17) is 5.73 Å². The first-order chi connectivity index (χ1) is 8.74. The Balaban J connectivity index is 1.53. The van der Waals surface area contributed by atoms with Crippen molar-refractivity contribution in [2.45, 2.75) is 50.6 Å². The molecule has 3 rings (SSSR count). The predicted octanol–water partition coefficient (Wildman–Crippen LogP) is 0.810. The zero-order valence-corrected chi connectivity index (χ0v) is 11.2. The SMILES string of the molecule is N[C@@H]1CCC[C@H]1CC(=O)N1CCN2CCCC2C1. The molecule has 1 aliphatic carbocycles. The molecule has 102 valence electrons. The number of nitrogens with two attached hydrogens (primary N) is 1. The number of hydrogen-bond acceptors (Lipinski definition) is 3. The molecule has 3 atom stereocenters. The lowest BCUT2D eigenvalue weighted by Gasteiger charge is -2.38. The van der Waals surface area contributed by atoms with Gasteiger partial charge in [-0.1, -0.05) is 6.42 Å². The van der Waals surface area contributed by atoms with Crippen LogP contribution in [0.25, 0.3) is 0 Å². The number of piperazine rings is 1. The molecule has 0 spiro atoms. The molecule has 3 fully saturated rings. The van der Waals surface area contributed by atoms with Crippen molar-refractivity contribution in [3.63, 3.8) is 0 Å². The van der Waals surface area contributed by atoms with E-state index in [9.17, 15) is 4.79 Å². The Kier molecular flexibility index (Phi) is 3.57. The second kappa shape index (κ2) is 5.17. The second-order valence-corrected chi connectivity index (χ2v) is 6.23. The van der Waals surface area contributed by atoms with Gasteiger partial charge in [0.1, 0.15) is 0 Å². The number of hydrogen-bond donors (Lipinski definition) is 1. The first-order valence-electron chi connectivity index (χ1n) is 7.51. The van der Waals surface area contributed by atoms with E-state index in [0.29, 0.717) is 24.3 Å². The summed E-state index contributed by atoms with van der Waals surface area (Å²) >= 11 is 0. The fourth-order valence-corrected chi connectivity index (χ4v) is 3.89. The molecule has 2 N–H and O–H groups in total. The van der Waals surface area contributed by atoms with E-state index in [1.165, 1.54) is 25.8 Å². The Morgan fingerprint density at radius 2 is 2.00 bits per heavy atom. The number of fused-ring (bicyclic) bond motifs is 1. The minimum atomic E-state index is 0.265. The third kappa shape index (κ3) is 2.41. The van der Waals surface area contributed by atoms with Crippen LogP contribution < -0.4 is 5.73 Å². The summed E-state index contributed by atoms with van der Waals surface area (Å²) < 4.78 is 0. The summed E-state index contributed by atoms with van der Waals surface area (Å²) in [6.45, 7) is 4.20. The van der Waals surface area contributed by atoms with Crippen LogP contribution in [-0.4, -0.2) is 54.0 Å². The highest BCUT2D eigenvalue weighted by Gasteiger charge is 2.34. The molecule has 3 aliphatic rings. The number of amides is 1. The number of rotatable bonds is 2. The Bertz CT molecular complexity index is 320. The van der Waals surface area contributed by atoms with Crippen LogP contribution in [0.3, 0.4) is 0 Å². The number of carbonyl (C=O) groups excluding carboxylic acids is 1. The van der Waals surface area contributed by atoms with Crippen LogP contribution in [0.15, 0.2) is 0 Å². The molecular formula is C14H25N3O. The van der Waals surface area contributed by atoms with Gasteiger partial charge in [0, 0.05) is 38.1 Å². The Morgan fingerprint density at radius 3 is 2.78 bits per heavy atom. The monoisotopic (exact) mass is 251 g/mol. The second-order valence-electron chi connectivity index (χ2n) is 6.23. The van der Waals surface area contributed by atoms with Gasteiger partial charge < -0.3 is 10.6 Å². The lowest BCUT2D eigenvalue weighted by molar-refractivity contribution is -0.134. The first kappa shape index (κ1) is 12.4. The van der Waals surface area contributed by atoms with Crippen molar-refractivity contribution >= 4 is 5.91 Å². The predicted molar refractivity (Wildman–Crippen MR) is 71.1 cm³/mol. The molecule has 1 unspecified atom stereocenters. The Morgan fingerprint density at radius 1 is 1.11 bits per heavy atom. The standard InChI is InChI=1S/C14H25N3O/c15-13-5-1-3-11(13)9-14(18)17-8-7-16-6-2-4-12(16)10-17/h11-13H,1-10,15H2/t11-,12?,13+/m0/s1. The molecule has 4 nitrogen and oxygen atoms in total. The quantitative estimate of drug-likeness (QED) is 0.790. The van der Waals surface area contributed by atoms with E-state index in [-0.39, 0.29) is 6.04 Å². The van der Waals surface area contributed by atoms with Crippen molar-refractivity contribution in [2.75, 3.05) is 26.2 Å². The van der Waals surface area contributed by atoms with Gasteiger partial charge in [-0.15, -0.1) is 0 Å². The normalized spacial score (nSPS) is 36.9. The minimum Gasteiger partial charge on any atom is -0.340 e. The van der Waals surface area contributed by atoms with Crippen LogP contribution in [0, 0.1) is 5.92 Å². The van der Waals surface area contributed by atoms with Crippen molar-refractivity contribution in [3.8, 4) is 0 Å². The molecule has 0 bridgehead atoms. The van der Waals surface area contributed by atoms with Crippen LogP contribution in [-0.2, 0) is 4.79 Å². The smallest absolute Gasteiger partial charge is 0.223 e. The average molecular weight is 251 g/mol. The van der Waals surface area contributed by atoms with E-state index >= 15 is 0 Å². The minimum absolute atomic E-state index is 0.265. The van der Waals surface area contributed by atoms with Gasteiger partial charge in [0.2, 0.25) is 5.91 Å². The molecule has 1 saturated carbocycles. The van der Waals surface area contributed by atoms with Gasteiger partial charge in [0.05, 0.1) is 0 Å². The van der Waals surface area contributed by atoms with Crippen LogP contribution in [0.4, 0.5) is 0 Å². The van der Waals surface area contributed by atoms with E-state index < -0.39 is 0 Å². The van der Waals surface area contributed by atoms with E-state index in [1.54, 1.807) is 0 Å². The lowest BCUT2D eigenvalue weighted by Crippen LogP contribution is -2.52. The van der Waals surface area contributed by atoms with Gasteiger partial charge in [-0.25, -0.2) is 0 Å². The van der Waals surface area contributed by atoms with Crippen LogP contribution >= 0.6 is 0 Å². The highest BCUT2D eigenvalue weighted by atomic mass is 16.2. The highest BCUT2D eigenvalue weighted by molar-refractivity contribution is 5.76. The molecule has 0 radical (unpaired) electrons. The number of carbonyl (C=O) groups is 1. The van der Waals surface area contributed by atoms with Gasteiger partial charge in [-0.05, 0) is 38.1 Å². The highest BCUT2D eigenvalue weighted by Crippen LogP contribution is 2.28. The van der Waals surface area contributed by atoms with Crippen molar-refractivity contribution < 1.29 is 4.79 Å². The van der Waals surface area contributed by atoms with Crippen LogP contribution in [0.2, 0.25) is 0 Å². The largest absolute Gasteiger partial charge is 0.340 e. The van der Waals surface area contributed by atoms with E-state index in [0.717, 1.165) is 32.5 Å². The molecule has 4 heteroatoms. The van der Waals surface area contributed by atoms with Crippen molar-refractivity contribution in [1.29, 1.82) is 0 Å². The molecule has 2 saturated heterocycles. The van der Waals surface area contributed by atoms with Gasteiger partial charge in [0.25, 0.3) is 0 Å². The lowest BCUT2D eigenvalue weighted by atomic mass is 9.99. The molecule has 0 aromatic carbocycles. The first-order valence-corrected chi connectivity index (χ1v) is 7.51. The van der Waals surface area contributed by atoms with E-state index in [1.807, 2.05) is 0 Å². The zero-order valence-electron chi connectivity index (χ0n) is 11.2. The maximum atomic E-state index is 12.3. The fraction of sp³-hybridized carbons (Fsp3) is 0.929. The Labute approximate surface area is 109 Å². The summed E-state index contributed by atoms with van der Waals surface area (Å²) in [5.74, 6) is 0.794. The topological polar surface area (TPSA) is 49.6 Å². The molecule has 2 heterocycles. The summed E-state index contributed by atoms with van der Waals surface area (Å²) in [6.07, 6.45) is 6.72. The summed E-state index contributed by atoms with van der Waals surface area (Å²) in [5.41, 5.74) is 6.06. The summed E-state index contributed by atoms with van der Waals surface area (Å²) in [4.78, 5) is 17.0. The van der Waals surface area contributed by atoms with E-state index in [2.05, 4.69) is 9.80 Å². The summed E-state index contributed by atoms with van der Waals surface area (Å²) in [7, 11) is 0. The molecule has 0 aromatic rings. The molecule has 0 aromatic heterocycles. The van der Waals surface area contributed by atoms with Gasteiger partial charge in [-0.3, -0.25) is 9.69 Å². The van der Waals surface area contributed by atoms with Gasteiger partial charge >= 0.3 is 0 Å². The fourth-order valence-electron chi connectivity index (χ4n) is 3.89. The Hall–Kier alpha value is -0.610. The zero-order chi connectivity index (χ0) is 12.5. The van der Waals surface area contributed by atoms with Crippen molar-refractivity contribution in [2.24, 2.45) is 11.7 Å². The summed E-state index contributed by atoms with van der Waals surface area (Å²) in [5, 5.41) is 0. The molecular weight excluding hydrogens is 226 g/mol. The van der Waals surface area contributed by atoms with Crippen LogP contribution in [0.5, 0.6) is 0 Å². The summed E-state index contributed by atoms with van der Waals surface area (Å²) in [6, 6.07) is 0.904. The van der Waals surface area contributed by atoms with Crippen molar-refractivity contribution in [1.82, 2.24) is 9.80 Å². The van der Waals surface area contributed by atoms with Crippen molar-refractivity contribution in [3.05, 3.63) is 0 Å². The maximum Gasteiger partial charge on any atom is 0.223 e. The average Bonchev–Trinajstić information content (AvgIpc) is 2.98. The molecule has 2 aliphatic heterocycles. The van der Waals surface area contributed by atoms with Gasteiger partial charge in [0.15, 0.2) is 0 Å². The molecule has 18 heavy (non-hydrogen) atoms. The maximum absolute atomic E-state index is 12.3. The molecule has 1 amide bonds. The number of nitrogens with zero attached hydrogens (tertiary/aromatic N) is 2. The third-order valence-electron chi connectivity index (χ3n) is 5.09. The third-order valence-corrected chi connectivity index (χ3v) is 5.09. The van der Waals surface area contributed by atoms with Gasteiger partial charge in [-0.2, -0.15) is 0 Å². The van der Waals surface area contributed by atoms with Crippen LogP contribution in [0.1, 0.15) is 38.5 Å².